The molecule has 2 heteroatoms. The van der Waals surface area contributed by atoms with Crippen molar-refractivity contribution in [3.8, 4) is 0 Å². The van der Waals surface area contributed by atoms with E-state index in [9.17, 15) is 0 Å². The van der Waals surface area contributed by atoms with Gasteiger partial charge in [-0.25, -0.2) is 0 Å². The zero-order valence-electron chi connectivity index (χ0n) is 8.27. The highest BCUT2D eigenvalue weighted by atomic mass is 127. The van der Waals surface area contributed by atoms with Crippen LogP contribution in [0.4, 0.5) is 0 Å². The lowest BCUT2D eigenvalue weighted by molar-refractivity contribution is -0.0727. The molecule has 0 amide bonds. The standard InChI is InChI=1S/C10H19IO/c1-8(2)6-10(3)7-9(11)4-5-12-10/h8-9H,4-7H2,1-3H3/t9-,10?/m1/s1. The molecule has 1 fully saturated rings. The lowest BCUT2D eigenvalue weighted by atomic mass is 9.87. The highest BCUT2D eigenvalue weighted by Crippen LogP contribution is 2.33. The number of halogens is 1. The molecule has 72 valence electrons. The lowest BCUT2D eigenvalue weighted by Gasteiger charge is -2.37. The summed E-state index contributed by atoms with van der Waals surface area (Å²) in [6.45, 7) is 7.76. The van der Waals surface area contributed by atoms with Crippen molar-refractivity contribution in [2.24, 2.45) is 5.92 Å². The van der Waals surface area contributed by atoms with E-state index in [2.05, 4.69) is 43.4 Å². The molecule has 1 aliphatic rings. The molecule has 2 atom stereocenters. The molecule has 1 saturated heterocycles. The van der Waals surface area contributed by atoms with Gasteiger partial charge in [0.1, 0.15) is 0 Å². The van der Waals surface area contributed by atoms with Crippen LogP contribution in [0.15, 0.2) is 0 Å². The summed E-state index contributed by atoms with van der Waals surface area (Å²) < 4.78 is 6.66. The third-order valence-electron chi connectivity index (χ3n) is 2.37. The van der Waals surface area contributed by atoms with Gasteiger partial charge in [0.2, 0.25) is 0 Å². The minimum atomic E-state index is 0.165. The summed E-state index contributed by atoms with van der Waals surface area (Å²) in [5, 5.41) is 0. The second-order valence-electron chi connectivity index (χ2n) is 4.49. The third kappa shape index (κ3) is 3.21. The monoisotopic (exact) mass is 282 g/mol. The summed E-state index contributed by atoms with van der Waals surface area (Å²) in [5.41, 5.74) is 0.165. The van der Waals surface area contributed by atoms with E-state index in [-0.39, 0.29) is 5.60 Å². The van der Waals surface area contributed by atoms with Gasteiger partial charge in [0.05, 0.1) is 5.60 Å². The van der Waals surface area contributed by atoms with Crippen LogP contribution in [0.1, 0.15) is 40.0 Å². The quantitative estimate of drug-likeness (QED) is 0.557. The maximum atomic E-state index is 5.84. The number of hydrogen-bond donors (Lipinski definition) is 0. The molecule has 0 N–H and O–H groups in total. The predicted molar refractivity (Wildman–Crippen MR) is 60.9 cm³/mol. The summed E-state index contributed by atoms with van der Waals surface area (Å²) in [5.74, 6) is 0.747. The molecule has 0 aliphatic carbocycles. The van der Waals surface area contributed by atoms with Crippen LogP contribution in [0.3, 0.4) is 0 Å². The Morgan fingerprint density at radius 1 is 1.58 bits per heavy atom. The van der Waals surface area contributed by atoms with Gasteiger partial charge in [0.15, 0.2) is 0 Å². The van der Waals surface area contributed by atoms with Crippen LogP contribution in [0.2, 0.25) is 0 Å². The minimum Gasteiger partial charge on any atom is -0.375 e. The van der Waals surface area contributed by atoms with Gasteiger partial charge in [0, 0.05) is 10.5 Å². The van der Waals surface area contributed by atoms with Crippen LogP contribution in [0, 0.1) is 5.92 Å². The second kappa shape index (κ2) is 4.27. The summed E-state index contributed by atoms with van der Waals surface area (Å²) in [7, 11) is 0. The van der Waals surface area contributed by atoms with Crippen LogP contribution in [0.5, 0.6) is 0 Å². The SMILES string of the molecule is CC(C)CC1(C)C[C@H](I)CCO1. The van der Waals surface area contributed by atoms with Gasteiger partial charge in [-0.05, 0) is 32.1 Å². The highest BCUT2D eigenvalue weighted by molar-refractivity contribution is 14.1. The smallest absolute Gasteiger partial charge is 0.0667 e. The first-order valence-corrected chi connectivity index (χ1v) is 6.04. The van der Waals surface area contributed by atoms with Gasteiger partial charge in [-0.3, -0.25) is 0 Å². The van der Waals surface area contributed by atoms with E-state index in [0.717, 1.165) is 16.4 Å². The zero-order valence-corrected chi connectivity index (χ0v) is 10.4. The summed E-state index contributed by atoms with van der Waals surface area (Å²) in [6.07, 6.45) is 3.66. The van der Waals surface area contributed by atoms with Gasteiger partial charge in [0.25, 0.3) is 0 Å². The fourth-order valence-corrected chi connectivity index (χ4v) is 3.25. The molecule has 0 spiro atoms. The van der Waals surface area contributed by atoms with Crippen molar-refractivity contribution in [2.45, 2.75) is 49.6 Å². The topological polar surface area (TPSA) is 9.23 Å². The molecule has 1 unspecified atom stereocenters. The van der Waals surface area contributed by atoms with Crippen LogP contribution < -0.4 is 0 Å². The van der Waals surface area contributed by atoms with Crippen molar-refractivity contribution >= 4 is 22.6 Å². The third-order valence-corrected chi connectivity index (χ3v) is 3.44. The lowest BCUT2D eigenvalue weighted by Crippen LogP contribution is -2.38. The molecule has 0 saturated carbocycles. The maximum Gasteiger partial charge on any atom is 0.0667 e. The number of rotatable bonds is 2. The fourth-order valence-electron chi connectivity index (χ4n) is 2.07. The number of hydrogen-bond acceptors (Lipinski definition) is 1. The van der Waals surface area contributed by atoms with E-state index in [0.29, 0.717) is 0 Å². The van der Waals surface area contributed by atoms with Crippen molar-refractivity contribution in [2.75, 3.05) is 6.61 Å². The van der Waals surface area contributed by atoms with Crippen LogP contribution >= 0.6 is 22.6 Å². The van der Waals surface area contributed by atoms with E-state index in [1.54, 1.807) is 0 Å². The Bertz CT molecular complexity index is 143. The van der Waals surface area contributed by atoms with Crippen molar-refractivity contribution in [1.29, 1.82) is 0 Å². The molecule has 0 bridgehead atoms. The Hall–Kier alpha value is 0.690. The van der Waals surface area contributed by atoms with Crippen molar-refractivity contribution in [1.82, 2.24) is 0 Å². The first-order chi connectivity index (χ1) is 5.52. The molecule has 0 aromatic rings. The molecule has 1 heterocycles. The van der Waals surface area contributed by atoms with Gasteiger partial charge in [-0.15, -0.1) is 0 Å². The Balaban J connectivity index is 2.45. The fraction of sp³-hybridized carbons (Fsp3) is 1.00. The Labute approximate surface area is 89.4 Å². The average molecular weight is 282 g/mol. The highest BCUT2D eigenvalue weighted by Gasteiger charge is 2.32. The van der Waals surface area contributed by atoms with Gasteiger partial charge >= 0.3 is 0 Å². The van der Waals surface area contributed by atoms with E-state index in [1.807, 2.05) is 0 Å². The van der Waals surface area contributed by atoms with Gasteiger partial charge in [-0.1, -0.05) is 36.4 Å². The predicted octanol–water partition coefficient (Wildman–Crippen LogP) is 3.41. The molecule has 0 radical (unpaired) electrons. The normalized spacial score (nSPS) is 37.2. The first kappa shape index (κ1) is 10.8. The molecule has 0 aromatic carbocycles. The molecular weight excluding hydrogens is 263 g/mol. The Morgan fingerprint density at radius 3 is 2.75 bits per heavy atom. The van der Waals surface area contributed by atoms with E-state index >= 15 is 0 Å². The van der Waals surface area contributed by atoms with Crippen molar-refractivity contribution < 1.29 is 4.74 Å². The van der Waals surface area contributed by atoms with Crippen LogP contribution in [-0.2, 0) is 4.74 Å². The summed E-state index contributed by atoms with van der Waals surface area (Å²) >= 11 is 2.55. The minimum absolute atomic E-state index is 0.165. The van der Waals surface area contributed by atoms with E-state index in [4.69, 9.17) is 4.74 Å². The zero-order chi connectivity index (χ0) is 9.19. The Kier molecular flexibility index (Phi) is 3.83. The summed E-state index contributed by atoms with van der Waals surface area (Å²) in [4.78, 5) is 0. The second-order valence-corrected chi connectivity index (χ2v) is 6.25. The molecular formula is C10H19IO. The Morgan fingerprint density at radius 2 is 2.25 bits per heavy atom. The average Bonchev–Trinajstić information content (AvgIpc) is 1.82. The van der Waals surface area contributed by atoms with Crippen molar-refractivity contribution in [3.05, 3.63) is 0 Å². The van der Waals surface area contributed by atoms with Crippen LogP contribution in [0.25, 0.3) is 0 Å². The maximum absolute atomic E-state index is 5.84. The molecule has 1 rings (SSSR count). The molecule has 0 aromatic heterocycles. The molecule has 1 aliphatic heterocycles. The number of alkyl halides is 1. The largest absolute Gasteiger partial charge is 0.375 e. The summed E-state index contributed by atoms with van der Waals surface area (Å²) in [6, 6.07) is 0. The van der Waals surface area contributed by atoms with Crippen molar-refractivity contribution in [3.63, 3.8) is 0 Å². The van der Waals surface area contributed by atoms with E-state index < -0.39 is 0 Å². The molecule has 1 nitrogen and oxygen atoms in total. The van der Waals surface area contributed by atoms with Gasteiger partial charge < -0.3 is 4.74 Å². The van der Waals surface area contributed by atoms with Gasteiger partial charge in [-0.2, -0.15) is 0 Å². The molecule has 12 heavy (non-hydrogen) atoms. The van der Waals surface area contributed by atoms with Crippen LogP contribution in [-0.4, -0.2) is 16.1 Å². The first-order valence-electron chi connectivity index (χ1n) is 4.80. The van der Waals surface area contributed by atoms with E-state index in [1.165, 1.54) is 19.3 Å². The number of ether oxygens (including phenoxy) is 1.